The molecular formula is C51H64Cl4N4O10S. The zero-order valence-corrected chi connectivity index (χ0v) is 43.5. The molecule has 0 spiro atoms. The van der Waals surface area contributed by atoms with Crippen molar-refractivity contribution in [1.29, 1.82) is 0 Å². The maximum atomic E-state index is 13.0. The second-order valence-electron chi connectivity index (χ2n) is 17.8. The molecule has 2 amide bonds. The van der Waals surface area contributed by atoms with Gasteiger partial charge in [-0.25, -0.2) is 8.42 Å². The summed E-state index contributed by atoms with van der Waals surface area (Å²) in [5, 5.41) is 27.8. The highest BCUT2D eigenvalue weighted by Crippen LogP contribution is 2.40. The number of amides is 2. The van der Waals surface area contributed by atoms with Crippen molar-refractivity contribution in [3.05, 3.63) is 132 Å². The molecule has 0 saturated heterocycles. The minimum Gasteiger partial charge on any atom is -0.380 e. The molecule has 2 aliphatic rings. The summed E-state index contributed by atoms with van der Waals surface area (Å²) >= 11 is 25.7. The number of benzene rings is 4. The summed E-state index contributed by atoms with van der Waals surface area (Å²) in [6.45, 7) is 5.37. The first kappa shape index (κ1) is 55.9. The standard InChI is InChI=1S/C51H64Cl4N4O10S/c1-58-30-42(40-26-37(52)28-46(54)44(40)32-58)35-9-7-34(8-10-35)6-3-4-17-66-21-23-68-19-15-56-50(62)48(60)49(61)51(63)57-16-20-69-24-22-67-18-5-25-70(64,65)39-13-11-36(12-14-39)43-31-59(2)33-45-41(43)27-38(53)29-47(45)55/h7-14,26-29,42-43,48-49,60-61H,3-6,15-25,30-33H2,1-2H3,(H,56,62)(H,57,63)/t42?,43?,48-,49-/m1/s1. The Morgan fingerprint density at radius 3 is 1.51 bits per heavy atom. The zero-order valence-electron chi connectivity index (χ0n) is 39.6. The molecule has 19 heteroatoms. The van der Waals surface area contributed by atoms with Gasteiger partial charge < -0.3 is 49.6 Å². The Labute approximate surface area is 431 Å². The fraction of sp³-hybridized carbons (Fsp3) is 0.490. The molecule has 6 rings (SSSR count). The Morgan fingerprint density at radius 1 is 0.614 bits per heavy atom. The lowest BCUT2D eigenvalue weighted by Crippen LogP contribution is -2.50. The Kier molecular flexibility index (Phi) is 22.0. The molecule has 0 radical (unpaired) electrons. The van der Waals surface area contributed by atoms with Crippen molar-refractivity contribution in [2.45, 2.75) is 67.7 Å². The Bertz CT molecular complexity index is 2450. The smallest absolute Gasteiger partial charge is 0.252 e. The second kappa shape index (κ2) is 27.6. The molecule has 382 valence electrons. The SMILES string of the molecule is CN1Cc2c(Cl)cc(Cl)cc2C(c2ccc(CCCCOCCOCCNC(=O)[C@H](O)[C@@H](O)C(=O)NCCOCCOCCCS(=O)(=O)c3ccc(C4CN(C)Cc5c(Cl)cc(Cl)cc54)cc3)cc2)C1. The van der Waals surface area contributed by atoms with Gasteiger partial charge in [-0.15, -0.1) is 0 Å². The number of carbonyl (C=O) groups excluding carboxylic acids is 2. The molecule has 2 unspecified atom stereocenters. The Hall–Kier alpha value is -3.39. The molecule has 4 aromatic carbocycles. The van der Waals surface area contributed by atoms with Crippen molar-refractivity contribution in [2.24, 2.45) is 0 Å². The number of rotatable bonds is 27. The summed E-state index contributed by atoms with van der Waals surface area (Å²) in [5.41, 5.74) is 7.90. The fourth-order valence-corrected chi connectivity index (χ4v) is 11.1. The molecule has 2 aliphatic heterocycles. The lowest BCUT2D eigenvalue weighted by atomic mass is 9.84. The number of aliphatic hydroxyl groups is 2. The summed E-state index contributed by atoms with van der Waals surface area (Å²) < 4.78 is 48.2. The van der Waals surface area contributed by atoms with Crippen LogP contribution in [0.1, 0.15) is 70.0 Å². The topological polar surface area (TPSA) is 176 Å². The molecule has 0 fully saturated rings. The highest BCUT2D eigenvalue weighted by atomic mass is 35.5. The van der Waals surface area contributed by atoms with Gasteiger partial charge in [0.05, 0.1) is 50.3 Å². The van der Waals surface area contributed by atoms with Crippen LogP contribution in [0.4, 0.5) is 0 Å². The van der Waals surface area contributed by atoms with Crippen molar-refractivity contribution in [3.8, 4) is 0 Å². The number of unbranched alkanes of at least 4 members (excludes halogenated alkanes) is 1. The second-order valence-corrected chi connectivity index (χ2v) is 21.6. The van der Waals surface area contributed by atoms with Gasteiger partial charge in [0, 0.05) is 84.4 Å². The van der Waals surface area contributed by atoms with Gasteiger partial charge in [0.1, 0.15) is 0 Å². The lowest BCUT2D eigenvalue weighted by molar-refractivity contribution is -0.146. The number of carbonyl (C=O) groups is 2. The van der Waals surface area contributed by atoms with Crippen LogP contribution in [0.2, 0.25) is 20.1 Å². The highest BCUT2D eigenvalue weighted by molar-refractivity contribution is 7.91. The summed E-state index contributed by atoms with van der Waals surface area (Å²) in [6.07, 6.45) is -0.858. The van der Waals surface area contributed by atoms with Crippen molar-refractivity contribution in [1.82, 2.24) is 20.4 Å². The lowest BCUT2D eigenvalue weighted by Gasteiger charge is -2.33. The van der Waals surface area contributed by atoms with Gasteiger partial charge >= 0.3 is 0 Å². The van der Waals surface area contributed by atoms with Crippen molar-refractivity contribution < 1.29 is 47.2 Å². The molecular weight excluding hydrogens is 1000 g/mol. The molecule has 70 heavy (non-hydrogen) atoms. The third-order valence-corrected chi connectivity index (χ3v) is 15.3. The van der Waals surface area contributed by atoms with Crippen LogP contribution in [-0.2, 0) is 57.9 Å². The normalized spacial score (nSPS) is 17.1. The molecule has 2 heterocycles. The van der Waals surface area contributed by atoms with Crippen molar-refractivity contribution in [2.75, 3.05) is 98.9 Å². The third kappa shape index (κ3) is 16.3. The number of nitrogens with zero attached hydrogens (tertiary/aromatic N) is 2. The predicted molar refractivity (Wildman–Crippen MR) is 273 cm³/mol. The Balaban J connectivity index is 0.736. The molecule has 4 aromatic rings. The number of sulfone groups is 1. The number of hydrogen-bond acceptors (Lipinski definition) is 12. The van der Waals surface area contributed by atoms with E-state index in [0.29, 0.717) is 46.5 Å². The number of nitrogens with one attached hydrogen (secondary N) is 2. The monoisotopic (exact) mass is 1060 g/mol. The van der Waals surface area contributed by atoms with Gasteiger partial charge in [-0.3, -0.25) is 9.59 Å². The molecule has 0 saturated carbocycles. The molecule has 14 nitrogen and oxygen atoms in total. The highest BCUT2D eigenvalue weighted by Gasteiger charge is 2.31. The van der Waals surface area contributed by atoms with Crippen molar-refractivity contribution >= 4 is 68.1 Å². The summed E-state index contributed by atoms with van der Waals surface area (Å²) in [6, 6.07) is 23.3. The van der Waals surface area contributed by atoms with E-state index in [4.69, 9.17) is 65.4 Å². The van der Waals surface area contributed by atoms with E-state index in [1.165, 1.54) is 16.7 Å². The maximum absolute atomic E-state index is 13.0. The van der Waals surface area contributed by atoms with Crippen LogP contribution < -0.4 is 10.6 Å². The van der Waals surface area contributed by atoms with E-state index in [9.17, 15) is 28.2 Å². The number of likely N-dealkylation sites (N-methyl/N-ethyl adjacent to an activating group) is 2. The number of fused-ring (bicyclic) bond motifs is 2. The predicted octanol–water partition coefficient (Wildman–Crippen LogP) is 6.66. The number of halogens is 4. The average molecular weight is 1070 g/mol. The average Bonchev–Trinajstić information content (AvgIpc) is 3.33. The molecule has 0 bridgehead atoms. The number of hydrogen-bond donors (Lipinski definition) is 4. The molecule has 4 N–H and O–H groups in total. The van der Waals surface area contributed by atoms with Crippen LogP contribution in [0, 0.1) is 0 Å². The van der Waals surface area contributed by atoms with Crippen LogP contribution in [0.15, 0.2) is 77.7 Å². The van der Waals surface area contributed by atoms with Gasteiger partial charge in [-0.2, -0.15) is 0 Å². The van der Waals surface area contributed by atoms with Gasteiger partial charge in [-0.1, -0.05) is 82.8 Å². The van der Waals surface area contributed by atoms with Gasteiger partial charge in [-0.05, 0) is 115 Å². The summed E-state index contributed by atoms with van der Waals surface area (Å²) in [7, 11) is 0.593. The first-order chi connectivity index (χ1) is 33.6. The van der Waals surface area contributed by atoms with Gasteiger partial charge in [0.25, 0.3) is 11.8 Å². The summed E-state index contributed by atoms with van der Waals surface area (Å²) in [5.74, 6) is -1.72. The van der Waals surface area contributed by atoms with E-state index in [2.05, 4.69) is 51.7 Å². The van der Waals surface area contributed by atoms with Crippen LogP contribution >= 0.6 is 46.4 Å². The Morgan fingerprint density at radius 2 is 1.04 bits per heavy atom. The van der Waals surface area contributed by atoms with Gasteiger partial charge in [0.15, 0.2) is 22.0 Å². The molecule has 4 atom stereocenters. The maximum Gasteiger partial charge on any atom is 0.252 e. The largest absolute Gasteiger partial charge is 0.380 e. The van der Waals surface area contributed by atoms with E-state index in [0.717, 1.165) is 61.2 Å². The number of aliphatic hydroxyl groups excluding tert-OH is 2. The first-order valence-corrected chi connectivity index (χ1v) is 26.7. The van der Waals surface area contributed by atoms with E-state index < -0.39 is 33.9 Å². The number of ether oxygens (including phenoxy) is 4. The van der Waals surface area contributed by atoms with Gasteiger partial charge in [0.2, 0.25) is 0 Å². The van der Waals surface area contributed by atoms with E-state index in [1.54, 1.807) is 18.2 Å². The van der Waals surface area contributed by atoms with Crippen LogP contribution in [0.5, 0.6) is 0 Å². The van der Waals surface area contributed by atoms with Crippen LogP contribution in [0.25, 0.3) is 0 Å². The van der Waals surface area contributed by atoms with E-state index >= 15 is 0 Å². The third-order valence-electron chi connectivity index (χ3n) is 12.4. The number of aryl methyl sites for hydroxylation is 1. The van der Waals surface area contributed by atoms with Crippen molar-refractivity contribution in [3.63, 3.8) is 0 Å². The zero-order chi connectivity index (χ0) is 50.2. The first-order valence-electron chi connectivity index (χ1n) is 23.6. The van der Waals surface area contributed by atoms with E-state index in [1.807, 2.05) is 37.4 Å². The minimum atomic E-state index is -3.53. The molecule has 0 aromatic heterocycles. The fourth-order valence-electron chi connectivity index (χ4n) is 8.72. The molecule has 0 aliphatic carbocycles. The summed E-state index contributed by atoms with van der Waals surface area (Å²) in [4.78, 5) is 29.3. The van der Waals surface area contributed by atoms with Crippen LogP contribution in [-0.4, -0.2) is 151 Å². The quantitative estimate of drug-likeness (QED) is 0.0468. The van der Waals surface area contributed by atoms with Crippen LogP contribution in [0.3, 0.4) is 0 Å². The van der Waals surface area contributed by atoms with E-state index in [-0.39, 0.29) is 75.0 Å². The minimum absolute atomic E-state index is 0.00380.